The number of ether oxygens (including phenoxy) is 1. The van der Waals surface area contributed by atoms with Crippen LogP contribution >= 0.6 is 0 Å². The first-order valence-electron chi connectivity index (χ1n) is 8.87. The quantitative estimate of drug-likeness (QED) is 0.560. The minimum atomic E-state index is -0.376. The molecule has 144 valence electrons. The van der Waals surface area contributed by atoms with E-state index in [2.05, 4.69) is 26.3 Å². The van der Waals surface area contributed by atoms with Crippen LogP contribution in [0.3, 0.4) is 0 Å². The van der Waals surface area contributed by atoms with E-state index in [9.17, 15) is 9.65 Å². The number of methoxy groups -OCH3 is 1. The zero-order chi connectivity index (χ0) is 20.4. The van der Waals surface area contributed by atoms with Crippen molar-refractivity contribution in [3.05, 3.63) is 71.8 Å². The second-order valence-electron chi connectivity index (χ2n) is 6.33. The molecule has 0 fully saturated rings. The van der Waals surface area contributed by atoms with E-state index in [0.29, 0.717) is 22.8 Å². The highest BCUT2D eigenvalue weighted by molar-refractivity contribution is 5.85. The van der Waals surface area contributed by atoms with Gasteiger partial charge in [-0.1, -0.05) is 12.1 Å². The van der Waals surface area contributed by atoms with Gasteiger partial charge in [0.1, 0.15) is 24.0 Å². The van der Waals surface area contributed by atoms with E-state index in [1.807, 2.05) is 19.1 Å². The molecule has 4 aromatic rings. The smallest absolute Gasteiger partial charge is 0.209 e. The Morgan fingerprint density at radius 3 is 2.79 bits per heavy atom. The molecule has 0 spiro atoms. The van der Waals surface area contributed by atoms with Crippen LogP contribution in [-0.2, 0) is 6.54 Å². The SMILES string of the molecule is COc1cccc(F)c1CNc1ncc(-c2cccnc2C)c2c(C#N)ncn12. The normalized spacial score (nSPS) is 10.7. The van der Waals surface area contributed by atoms with Gasteiger partial charge in [0.2, 0.25) is 5.95 Å². The lowest BCUT2D eigenvalue weighted by molar-refractivity contribution is 0.405. The van der Waals surface area contributed by atoms with E-state index in [-0.39, 0.29) is 18.1 Å². The number of fused-ring (bicyclic) bond motifs is 1. The summed E-state index contributed by atoms with van der Waals surface area (Å²) in [5.74, 6) is 0.503. The van der Waals surface area contributed by atoms with Gasteiger partial charge < -0.3 is 10.1 Å². The number of rotatable bonds is 5. The average Bonchev–Trinajstić information content (AvgIpc) is 3.18. The third-order valence-electron chi connectivity index (χ3n) is 4.69. The van der Waals surface area contributed by atoms with Crippen LogP contribution in [0.1, 0.15) is 17.0 Å². The summed E-state index contributed by atoms with van der Waals surface area (Å²) in [4.78, 5) is 13.0. The minimum Gasteiger partial charge on any atom is -0.496 e. The summed E-state index contributed by atoms with van der Waals surface area (Å²) in [6, 6.07) is 10.5. The number of aryl methyl sites for hydroxylation is 1. The molecule has 0 amide bonds. The summed E-state index contributed by atoms with van der Waals surface area (Å²) in [6.07, 6.45) is 4.91. The van der Waals surface area contributed by atoms with Gasteiger partial charge in [-0.25, -0.2) is 14.4 Å². The van der Waals surface area contributed by atoms with Crippen molar-refractivity contribution < 1.29 is 9.13 Å². The number of hydrogen-bond acceptors (Lipinski definition) is 6. The topological polar surface area (TPSA) is 88.1 Å². The summed E-state index contributed by atoms with van der Waals surface area (Å²) in [5, 5.41) is 12.6. The highest BCUT2D eigenvalue weighted by Crippen LogP contribution is 2.30. The van der Waals surface area contributed by atoms with Crippen LogP contribution in [0.15, 0.2) is 49.1 Å². The molecule has 3 heterocycles. The third-order valence-corrected chi connectivity index (χ3v) is 4.69. The second kappa shape index (κ2) is 7.56. The summed E-state index contributed by atoms with van der Waals surface area (Å²) >= 11 is 0. The Bertz CT molecular complexity index is 1240. The molecule has 7 nitrogen and oxygen atoms in total. The van der Waals surface area contributed by atoms with Gasteiger partial charge in [-0.3, -0.25) is 9.38 Å². The van der Waals surface area contributed by atoms with Crippen LogP contribution < -0.4 is 10.1 Å². The molecule has 0 atom stereocenters. The highest BCUT2D eigenvalue weighted by Gasteiger charge is 2.17. The Morgan fingerprint density at radius 2 is 2.03 bits per heavy atom. The molecule has 1 N–H and O–H groups in total. The number of nitrogens with zero attached hydrogens (tertiary/aromatic N) is 5. The summed E-state index contributed by atoms with van der Waals surface area (Å²) in [6.45, 7) is 2.05. The molecule has 0 aliphatic rings. The molecule has 0 saturated carbocycles. The Hall–Kier alpha value is -3.99. The van der Waals surface area contributed by atoms with E-state index in [1.54, 1.807) is 28.9 Å². The summed E-state index contributed by atoms with van der Waals surface area (Å²) in [7, 11) is 1.49. The maximum atomic E-state index is 14.2. The molecule has 0 bridgehead atoms. The predicted octanol–water partition coefficient (Wildman–Crippen LogP) is 3.73. The zero-order valence-corrected chi connectivity index (χ0v) is 15.8. The number of anilines is 1. The van der Waals surface area contributed by atoms with E-state index in [0.717, 1.165) is 16.8 Å². The van der Waals surface area contributed by atoms with E-state index >= 15 is 0 Å². The third kappa shape index (κ3) is 3.23. The number of aromatic nitrogens is 4. The molecule has 0 aliphatic heterocycles. The molecule has 0 unspecified atom stereocenters. The first-order valence-corrected chi connectivity index (χ1v) is 8.87. The highest BCUT2D eigenvalue weighted by atomic mass is 19.1. The number of pyridine rings is 1. The Balaban J connectivity index is 1.79. The van der Waals surface area contributed by atoms with Crippen LogP contribution in [0.25, 0.3) is 16.6 Å². The molecular formula is C21H17FN6O. The average molecular weight is 388 g/mol. The van der Waals surface area contributed by atoms with Gasteiger partial charge in [0.25, 0.3) is 0 Å². The standard InChI is InChI=1S/C21H17FN6O/c1-13-14(5-4-8-24-13)15-10-25-21(28-12-27-18(9-23)20(15)28)26-11-16-17(22)6-3-7-19(16)29-2/h3-8,10,12H,11H2,1-2H3,(H,25,26). The molecule has 4 rings (SSSR count). The zero-order valence-electron chi connectivity index (χ0n) is 15.8. The van der Waals surface area contributed by atoms with Crippen molar-refractivity contribution >= 4 is 11.5 Å². The van der Waals surface area contributed by atoms with Gasteiger partial charge in [0, 0.05) is 41.3 Å². The van der Waals surface area contributed by atoms with Gasteiger partial charge >= 0.3 is 0 Å². The van der Waals surface area contributed by atoms with Crippen molar-refractivity contribution in [1.29, 1.82) is 5.26 Å². The van der Waals surface area contributed by atoms with Crippen LogP contribution in [0, 0.1) is 24.1 Å². The van der Waals surface area contributed by atoms with E-state index < -0.39 is 0 Å². The van der Waals surface area contributed by atoms with Gasteiger partial charge in [-0.2, -0.15) is 5.26 Å². The monoisotopic (exact) mass is 388 g/mol. The fourth-order valence-corrected chi connectivity index (χ4v) is 3.26. The molecule has 29 heavy (non-hydrogen) atoms. The first-order chi connectivity index (χ1) is 14.1. The van der Waals surface area contributed by atoms with Gasteiger partial charge in [-0.05, 0) is 25.1 Å². The number of benzene rings is 1. The summed E-state index contributed by atoms with van der Waals surface area (Å²) in [5.41, 5.74) is 3.71. The lowest BCUT2D eigenvalue weighted by Gasteiger charge is -2.14. The van der Waals surface area contributed by atoms with Crippen molar-refractivity contribution in [3.8, 4) is 22.9 Å². The molecule has 1 aromatic carbocycles. The molecule has 3 aromatic heterocycles. The fraction of sp³-hybridized carbons (Fsp3) is 0.143. The van der Waals surface area contributed by atoms with Crippen molar-refractivity contribution in [1.82, 2.24) is 19.4 Å². The van der Waals surface area contributed by atoms with Crippen molar-refractivity contribution in [2.45, 2.75) is 13.5 Å². The number of hydrogen-bond donors (Lipinski definition) is 1. The summed E-state index contributed by atoms with van der Waals surface area (Å²) < 4.78 is 21.2. The molecule has 0 aliphatic carbocycles. The first kappa shape index (κ1) is 18.4. The number of nitrogens with one attached hydrogen (secondary N) is 1. The van der Waals surface area contributed by atoms with Gasteiger partial charge in [0.15, 0.2) is 5.69 Å². The maximum Gasteiger partial charge on any atom is 0.209 e. The Labute approximate surface area is 166 Å². The van der Waals surface area contributed by atoms with Crippen molar-refractivity contribution in [2.75, 3.05) is 12.4 Å². The van der Waals surface area contributed by atoms with Crippen LogP contribution in [0.4, 0.5) is 10.3 Å². The number of imidazole rings is 1. The Morgan fingerprint density at radius 1 is 1.17 bits per heavy atom. The minimum absolute atomic E-state index is 0.156. The number of halogens is 1. The second-order valence-corrected chi connectivity index (χ2v) is 6.33. The van der Waals surface area contributed by atoms with Crippen LogP contribution in [0.2, 0.25) is 0 Å². The number of nitriles is 1. The molecule has 8 heteroatoms. The van der Waals surface area contributed by atoms with Crippen molar-refractivity contribution in [2.24, 2.45) is 0 Å². The lowest BCUT2D eigenvalue weighted by atomic mass is 10.1. The van der Waals surface area contributed by atoms with Crippen molar-refractivity contribution in [3.63, 3.8) is 0 Å². The van der Waals surface area contributed by atoms with Gasteiger partial charge in [-0.15, -0.1) is 0 Å². The van der Waals surface area contributed by atoms with E-state index in [4.69, 9.17) is 4.74 Å². The largest absolute Gasteiger partial charge is 0.496 e. The van der Waals surface area contributed by atoms with Gasteiger partial charge in [0.05, 0.1) is 12.6 Å². The molecule has 0 saturated heterocycles. The molecular weight excluding hydrogens is 371 g/mol. The predicted molar refractivity (Wildman–Crippen MR) is 106 cm³/mol. The van der Waals surface area contributed by atoms with Crippen LogP contribution in [-0.4, -0.2) is 26.5 Å². The maximum absolute atomic E-state index is 14.2. The fourth-order valence-electron chi connectivity index (χ4n) is 3.26. The molecule has 0 radical (unpaired) electrons. The van der Waals surface area contributed by atoms with Crippen LogP contribution in [0.5, 0.6) is 5.75 Å². The Kier molecular flexibility index (Phi) is 4.79. The lowest BCUT2D eigenvalue weighted by Crippen LogP contribution is -2.09. The van der Waals surface area contributed by atoms with E-state index in [1.165, 1.54) is 19.5 Å².